The third-order valence-corrected chi connectivity index (χ3v) is 4.83. The Balaban J connectivity index is 1.50. The minimum absolute atomic E-state index is 0.749. The molecule has 0 atom stereocenters. The molecule has 0 spiro atoms. The van der Waals surface area contributed by atoms with Gasteiger partial charge in [-0.2, -0.15) is 0 Å². The number of hydrogen-bond acceptors (Lipinski definition) is 5. The molecule has 25 heavy (non-hydrogen) atoms. The molecule has 0 aliphatic carbocycles. The molecule has 0 radical (unpaired) electrons. The van der Waals surface area contributed by atoms with Gasteiger partial charge >= 0.3 is 0 Å². The number of nitrogen functional groups attached to an aromatic ring is 1. The number of nitrogens with two attached hydrogens (primary N) is 1. The zero-order valence-electron chi connectivity index (χ0n) is 13.7. The van der Waals surface area contributed by atoms with Gasteiger partial charge in [-0.3, -0.25) is 9.88 Å². The molecule has 0 bridgehead atoms. The maximum absolute atomic E-state index is 5.75. The molecule has 0 saturated carbocycles. The van der Waals surface area contributed by atoms with Crippen molar-refractivity contribution in [2.24, 2.45) is 0 Å². The number of fused-ring (bicyclic) bond motifs is 1. The normalized spacial score (nSPS) is 14.3. The summed E-state index contributed by atoms with van der Waals surface area (Å²) in [5.41, 5.74) is 10.9. The lowest BCUT2D eigenvalue weighted by atomic mass is 10.1. The zero-order valence-corrected chi connectivity index (χ0v) is 15.3. The summed E-state index contributed by atoms with van der Waals surface area (Å²) < 4.78 is 1.00. The van der Waals surface area contributed by atoms with Gasteiger partial charge in [-0.15, -0.1) is 0 Å². The van der Waals surface area contributed by atoms with Crippen LogP contribution in [0.5, 0.6) is 0 Å². The predicted molar refractivity (Wildman–Crippen MR) is 102 cm³/mol. The van der Waals surface area contributed by atoms with E-state index in [-0.39, 0.29) is 0 Å². The van der Waals surface area contributed by atoms with Crippen LogP contribution in [0.2, 0.25) is 0 Å². The van der Waals surface area contributed by atoms with E-state index < -0.39 is 0 Å². The van der Waals surface area contributed by atoms with Gasteiger partial charge in [0, 0.05) is 59.7 Å². The van der Waals surface area contributed by atoms with Crippen LogP contribution in [0.4, 0.5) is 5.69 Å². The van der Waals surface area contributed by atoms with Crippen LogP contribution in [-0.2, 0) is 19.5 Å². The smallest absolute Gasteiger partial charge is 0.159 e. The van der Waals surface area contributed by atoms with Crippen molar-refractivity contribution in [2.75, 3.05) is 12.3 Å². The fraction of sp³-hybridized carbons (Fsp3) is 0.211. The summed E-state index contributed by atoms with van der Waals surface area (Å²) in [4.78, 5) is 16.1. The van der Waals surface area contributed by atoms with Crippen molar-refractivity contribution >= 4 is 21.6 Å². The van der Waals surface area contributed by atoms with Gasteiger partial charge in [0.15, 0.2) is 5.82 Å². The summed E-state index contributed by atoms with van der Waals surface area (Å²) in [7, 11) is 0. The van der Waals surface area contributed by atoms with E-state index in [4.69, 9.17) is 10.7 Å². The average molecular weight is 396 g/mol. The van der Waals surface area contributed by atoms with Crippen LogP contribution in [0.15, 0.2) is 53.3 Å². The van der Waals surface area contributed by atoms with Crippen LogP contribution in [0.25, 0.3) is 11.4 Å². The third kappa shape index (κ3) is 3.70. The first kappa shape index (κ1) is 16.2. The molecule has 0 unspecified atom stereocenters. The maximum Gasteiger partial charge on any atom is 0.159 e. The van der Waals surface area contributed by atoms with Crippen molar-refractivity contribution in [2.45, 2.75) is 19.5 Å². The van der Waals surface area contributed by atoms with Gasteiger partial charge in [0.05, 0.1) is 11.4 Å². The quantitative estimate of drug-likeness (QED) is 0.687. The Morgan fingerprint density at radius 1 is 1.04 bits per heavy atom. The standard InChI is InChI=1S/C19H18BrN5/c20-15-3-6-17(22-10-15)12-25-8-7-18-14(11-25)9-23-19(24-18)13-1-4-16(21)5-2-13/h1-6,9-10H,7-8,11-12,21H2. The highest BCUT2D eigenvalue weighted by atomic mass is 79.9. The van der Waals surface area contributed by atoms with Crippen molar-refractivity contribution < 1.29 is 0 Å². The van der Waals surface area contributed by atoms with Crippen molar-refractivity contribution in [1.29, 1.82) is 0 Å². The number of rotatable bonds is 3. The second kappa shape index (κ2) is 6.90. The first-order valence-corrected chi connectivity index (χ1v) is 9.00. The molecule has 0 fully saturated rings. The van der Waals surface area contributed by atoms with Crippen LogP contribution in [0.1, 0.15) is 17.0 Å². The van der Waals surface area contributed by atoms with Crippen LogP contribution < -0.4 is 5.73 Å². The van der Waals surface area contributed by atoms with E-state index in [0.29, 0.717) is 0 Å². The molecule has 6 heteroatoms. The number of pyridine rings is 1. The lowest BCUT2D eigenvalue weighted by molar-refractivity contribution is 0.240. The first-order chi connectivity index (χ1) is 12.2. The highest BCUT2D eigenvalue weighted by Gasteiger charge is 2.19. The summed E-state index contributed by atoms with van der Waals surface area (Å²) in [6.07, 6.45) is 4.72. The molecule has 0 amide bonds. The number of benzene rings is 1. The molecule has 1 aliphatic heterocycles. The Morgan fingerprint density at radius 3 is 2.64 bits per heavy atom. The minimum Gasteiger partial charge on any atom is -0.399 e. The molecule has 3 aromatic rings. The SMILES string of the molecule is Nc1ccc(-c2ncc3c(n2)CCN(Cc2ccc(Br)cn2)C3)cc1. The largest absolute Gasteiger partial charge is 0.399 e. The Bertz CT molecular complexity index is 877. The fourth-order valence-electron chi connectivity index (χ4n) is 3.01. The van der Waals surface area contributed by atoms with Crippen molar-refractivity contribution in [1.82, 2.24) is 19.9 Å². The van der Waals surface area contributed by atoms with E-state index in [9.17, 15) is 0 Å². The van der Waals surface area contributed by atoms with Crippen LogP contribution in [-0.4, -0.2) is 26.4 Å². The second-order valence-corrected chi connectivity index (χ2v) is 7.13. The third-order valence-electron chi connectivity index (χ3n) is 4.36. The molecule has 1 aliphatic rings. The highest BCUT2D eigenvalue weighted by Crippen LogP contribution is 2.22. The minimum atomic E-state index is 0.749. The monoisotopic (exact) mass is 395 g/mol. The van der Waals surface area contributed by atoms with Gasteiger partial charge in [0.2, 0.25) is 0 Å². The summed E-state index contributed by atoms with van der Waals surface area (Å²) in [6, 6.07) is 11.8. The number of aromatic nitrogens is 3. The molecule has 4 rings (SSSR count). The van der Waals surface area contributed by atoms with E-state index in [1.165, 1.54) is 5.56 Å². The molecule has 126 valence electrons. The number of anilines is 1. The second-order valence-electron chi connectivity index (χ2n) is 6.22. The van der Waals surface area contributed by atoms with E-state index in [2.05, 4.69) is 36.9 Å². The maximum atomic E-state index is 5.75. The number of halogens is 1. The van der Waals surface area contributed by atoms with Gasteiger partial charge < -0.3 is 5.73 Å². The number of hydrogen-bond donors (Lipinski definition) is 1. The summed E-state index contributed by atoms with van der Waals surface area (Å²) >= 11 is 3.42. The van der Waals surface area contributed by atoms with Crippen LogP contribution >= 0.6 is 15.9 Å². The lowest BCUT2D eigenvalue weighted by Gasteiger charge is -2.27. The molecule has 2 aromatic heterocycles. The van der Waals surface area contributed by atoms with Gasteiger partial charge in [-0.1, -0.05) is 0 Å². The fourth-order valence-corrected chi connectivity index (χ4v) is 3.24. The Labute approximate surface area is 155 Å². The Hall–Kier alpha value is -2.31. The van der Waals surface area contributed by atoms with E-state index in [1.54, 1.807) is 0 Å². The Morgan fingerprint density at radius 2 is 1.88 bits per heavy atom. The summed E-state index contributed by atoms with van der Waals surface area (Å²) in [6.45, 7) is 2.67. The van der Waals surface area contributed by atoms with Crippen molar-refractivity contribution in [3.8, 4) is 11.4 Å². The molecule has 3 heterocycles. The first-order valence-electron chi connectivity index (χ1n) is 8.21. The highest BCUT2D eigenvalue weighted by molar-refractivity contribution is 9.10. The topological polar surface area (TPSA) is 67.9 Å². The molecular formula is C19H18BrN5. The van der Waals surface area contributed by atoms with Crippen LogP contribution in [0, 0.1) is 0 Å². The number of nitrogens with zero attached hydrogens (tertiary/aromatic N) is 4. The van der Waals surface area contributed by atoms with E-state index in [0.717, 1.165) is 59.0 Å². The zero-order chi connectivity index (χ0) is 17.2. The predicted octanol–water partition coefficient (Wildman–Crippen LogP) is 3.44. The van der Waals surface area contributed by atoms with Gasteiger partial charge in [0.25, 0.3) is 0 Å². The lowest BCUT2D eigenvalue weighted by Crippen LogP contribution is -2.31. The molecule has 0 saturated heterocycles. The van der Waals surface area contributed by atoms with E-state index >= 15 is 0 Å². The van der Waals surface area contributed by atoms with Crippen molar-refractivity contribution in [3.63, 3.8) is 0 Å². The molecule has 1 aromatic carbocycles. The van der Waals surface area contributed by atoms with E-state index in [1.807, 2.05) is 42.7 Å². The summed E-state index contributed by atoms with van der Waals surface area (Å²) in [5.74, 6) is 0.766. The molecular weight excluding hydrogens is 378 g/mol. The Kier molecular flexibility index (Phi) is 4.46. The average Bonchev–Trinajstić information content (AvgIpc) is 2.64. The van der Waals surface area contributed by atoms with Crippen LogP contribution in [0.3, 0.4) is 0 Å². The van der Waals surface area contributed by atoms with Gasteiger partial charge in [-0.25, -0.2) is 9.97 Å². The van der Waals surface area contributed by atoms with Gasteiger partial charge in [0.1, 0.15) is 0 Å². The summed E-state index contributed by atoms with van der Waals surface area (Å²) in [5, 5.41) is 0. The molecule has 2 N–H and O–H groups in total. The molecule has 5 nitrogen and oxygen atoms in total. The van der Waals surface area contributed by atoms with Gasteiger partial charge in [-0.05, 0) is 52.3 Å². The van der Waals surface area contributed by atoms with Crippen molar-refractivity contribution in [3.05, 3.63) is 70.2 Å².